The lowest BCUT2D eigenvalue weighted by atomic mass is 9.81. The molecule has 36 heavy (non-hydrogen) atoms. The van der Waals surface area contributed by atoms with E-state index < -0.39 is 35.6 Å². The van der Waals surface area contributed by atoms with Crippen LogP contribution >= 0.6 is 0 Å². The van der Waals surface area contributed by atoms with Crippen LogP contribution in [0.2, 0.25) is 0 Å². The second kappa shape index (κ2) is 12.8. The second-order valence-electron chi connectivity index (χ2n) is 9.36. The highest BCUT2D eigenvalue weighted by atomic mass is 16.5. The summed E-state index contributed by atoms with van der Waals surface area (Å²) in [7, 11) is 0. The van der Waals surface area contributed by atoms with Gasteiger partial charge in [-0.2, -0.15) is 5.01 Å². The highest BCUT2D eigenvalue weighted by molar-refractivity contribution is 6.03. The van der Waals surface area contributed by atoms with E-state index in [2.05, 4.69) is 10.4 Å². The van der Waals surface area contributed by atoms with Crippen molar-refractivity contribution in [2.45, 2.75) is 46.1 Å². The molecular weight excluding hydrogens is 462 g/mol. The van der Waals surface area contributed by atoms with E-state index in [-0.39, 0.29) is 19.0 Å². The van der Waals surface area contributed by atoms with Gasteiger partial charge in [0.05, 0.1) is 24.1 Å². The Bertz CT molecular complexity index is 1050. The minimum atomic E-state index is -0.849. The van der Waals surface area contributed by atoms with Crippen molar-refractivity contribution in [1.82, 2.24) is 25.8 Å². The molecule has 0 spiro atoms. The van der Waals surface area contributed by atoms with Crippen LogP contribution < -0.4 is 10.9 Å². The van der Waals surface area contributed by atoms with E-state index in [1.807, 2.05) is 44.2 Å². The number of aryl methyl sites for hydroxylation is 1. The predicted molar refractivity (Wildman–Crippen MR) is 131 cm³/mol. The van der Waals surface area contributed by atoms with Crippen LogP contribution in [0.1, 0.15) is 44.4 Å². The SMILES string of the molecule is CC(C)CC(C(=O)NN1C(=O)CN(Cc2ccccn2)C1=O)[C@@H](CCCc1ccccc1)C(=O)NO. The number of urea groups is 1. The Morgan fingerprint density at radius 1 is 1.03 bits per heavy atom. The van der Waals surface area contributed by atoms with Gasteiger partial charge in [0.25, 0.3) is 5.91 Å². The molecule has 1 aliphatic rings. The second-order valence-corrected chi connectivity index (χ2v) is 9.36. The van der Waals surface area contributed by atoms with Gasteiger partial charge in [-0.3, -0.25) is 30.0 Å². The molecule has 1 aromatic heterocycles. The molecule has 0 saturated carbocycles. The van der Waals surface area contributed by atoms with Gasteiger partial charge in [0.1, 0.15) is 6.54 Å². The molecule has 0 aliphatic carbocycles. The topological polar surface area (TPSA) is 132 Å². The zero-order valence-corrected chi connectivity index (χ0v) is 20.6. The van der Waals surface area contributed by atoms with Crippen LogP contribution in [0.4, 0.5) is 4.79 Å². The first kappa shape index (κ1) is 26.8. The molecule has 3 N–H and O–H groups in total. The number of hydroxylamine groups is 1. The van der Waals surface area contributed by atoms with Gasteiger partial charge >= 0.3 is 6.03 Å². The summed E-state index contributed by atoms with van der Waals surface area (Å²) in [6.45, 7) is 3.77. The number of benzene rings is 1. The van der Waals surface area contributed by atoms with Gasteiger partial charge in [-0.1, -0.05) is 50.2 Å². The third-order valence-electron chi connectivity index (χ3n) is 6.16. The molecule has 10 nitrogen and oxygen atoms in total. The van der Waals surface area contributed by atoms with E-state index in [1.54, 1.807) is 29.9 Å². The Labute approximate surface area is 210 Å². The van der Waals surface area contributed by atoms with Gasteiger partial charge in [-0.15, -0.1) is 0 Å². The van der Waals surface area contributed by atoms with Crippen molar-refractivity contribution in [3.8, 4) is 0 Å². The first-order valence-electron chi connectivity index (χ1n) is 12.1. The molecule has 192 valence electrons. The van der Waals surface area contributed by atoms with Gasteiger partial charge < -0.3 is 4.90 Å². The highest BCUT2D eigenvalue weighted by Crippen LogP contribution is 2.27. The third-order valence-corrected chi connectivity index (χ3v) is 6.16. The Kier molecular flexibility index (Phi) is 9.52. The number of hydrogen-bond acceptors (Lipinski definition) is 6. The van der Waals surface area contributed by atoms with Crippen LogP contribution in [-0.2, 0) is 27.3 Å². The summed E-state index contributed by atoms with van der Waals surface area (Å²) in [6, 6.07) is 14.4. The molecule has 0 bridgehead atoms. The number of aromatic nitrogens is 1. The van der Waals surface area contributed by atoms with Crippen LogP contribution in [0.5, 0.6) is 0 Å². The fourth-order valence-corrected chi connectivity index (χ4v) is 4.39. The fourth-order valence-electron chi connectivity index (χ4n) is 4.39. The molecule has 1 fully saturated rings. The maximum atomic E-state index is 13.3. The van der Waals surface area contributed by atoms with E-state index in [1.165, 1.54) is 4.90 Å². The summed E-state index contributed by atoms with van der Waals surface area (Å²) in [5.74, 6) is -3.48. The lowest BCUT2D eigenvalue weighted by molar-refractivity contribution is -0.144. The molecule has 3 rings (SSSR count). The first-order chi connectivity index (χ1) is 17.3. The Morgan fingerprint density at radius 2 is 1.75 bits per heavy atom. The van der Waals surface area contributed by atoms with Gasteiger partial charge in [-0.05, 0) is 49.3 Å². The number of carbonyl (C=O) groups excluding carboxylic acids is 4. The summed E-state index contributed by atoms with van der Waals surface area (Å²) < 4.78 is 0. The van der Waals surface area contributed by atoms with Crippen molar-refractivity contribution in [2.24, 2.45) is 17.8 Å². The van der Waals surface area contributed by atoms with E-state index in [9.17, 15) is 24.4 Å². The first-order valence-corrected chi connectivity index (χ1v) is 12.1. The Hall–Kier alpha value is -3.79. The molecular formula is C26H33N5O5. The molecule has 2 atom stereocenters. The number of imide groups is 1. The molecule has 5 amide bonds. The quantitative estimate of drug-likeness (QED) is 0.236. The lowest BCUT2D eigenvalue weighted by Crippen LogP contribution is -2.51. The van der Waals surface area contributed by atoms with Crippen LogP contribution in [0, 0.1) is 17.8 Å². The standard InChI is InChI=1S/C26H33N5O5/c1-18(2)15-22(21(25(34)29-36)13-8-11-19-9-4-3-5-10-19)24(33)28-31-23(32)17-30(26(31)35)16-20-12-6-7-14-27-20/h3-7,9-10,12,14,18,21-22,36H,8,11,13,15-17H2,1-2H3,(H,28,33)(H,29,34)/t21-,22?/m1/s1. The number of hydrogen-bond donors (Lipinski definition) is 3. The maximum absolute atomic E-state index is 13.3. The van der Waals surface area contributed by atoms with E-state index >= 15 is 0 Å². The molecule has 10 heteroatoms. The van der Waals surface area contributed by atoms with Crippen LogP contribution in [0.3, 0.4) is 0 Å². The van der Waals surface area contributed by atoms with Gasteiger partial charge in [0.2, 0.25) is 11.8 Å². The molecule has 2 aromatic rings. The smallest absolute Gasteiger partial charge is 0.308 e. The van der Waals surface area contributed by atoms with Crippen molar-refractivity contribution < 1.29 is 24.4 Å². The van der Waals surface area contributed by atoms with E-state index in [0.29, 0.717) is 36.4 Å². The van der Waals surface area contributed by atoms with E-state index in [0.717, 1.165) is 5.56 Å². The molecule has 0 radical (unpaired) electrons. The summed E-state index contributed by atoms with van der Waals surface area (Å²) in [5, 5.41) is 10.1. The average Bonchev–Trinajstić information content (AvgIpc) is 3.13. The van der Waals surface area contributed by atoms with Crippen LogP contribution in [0.15, 0.2) is 54.7 Å². The Morgan fingerprint density at radius 3 is 2.39 bits per heavy atom. The monoisotopic (exact) mass is 495 g/mol. The van der Waals surface area contributed by atoms with Crippen molar-refractivity contribution >= 4 is 23.8 Å². The van der Waals surface area contributed by atoms with Gasteiger partial charge in [0, 0.05) is 6.20 Å². The summed E-state index contributed by atoms with van der Waals surface area (Å²) in [6.07, 6.45) is 3.60. The minimum absolute atomic E-state index is 0.0505. The van der Waals surface area contributed by atoms with Crippen molar-refractivity contribution in [2.75, 3.05) is 6.54 Å². The fraction of sp³-hybridized carbons (Fsp3) is 0.423. The number of pyridine rings is 1. The van der Waals surface area contributed by atoms with Gasteiger partial charge in [-0.25, -0.2) is 10.3 Å². The number of rotatable bonds is 12. The largest absolute Gasteiger partial charge is 0.346 e. The van der Waals surface area contributed by atoms with Crippen molar-refractivity contribution in [3.05, 3.63) is 66.0 Å². The summed E-state index contributed by atoms with van der Waals surface area (Å²) in [4.78, 5) is 56.8. The predicted octanol–water partition coefficient (Wildman–Crippen LogP) is 2.68. The average molecular weight is 496 g/mol. The van der Waals surface area contributed by atoms with Crippen molar-refractivity contribution in [3.63, 3.8) is 0 Å². The zero-order chi connectivity index (χ0) is 26.1. The highest BCUT2D eigenvalue weighted by Gasteiger charge is 2.41. The lowest BCUT2D eigenvalue weighted by Gasteiger charge is -2.28. The maximum Gasteiger partial charge on any atom is 0.346 e. The van der Waals surface area contributed by atoms with Crippen molar-refractivity contribution in [1.29, 1.82) is 0 Å². The van der Waals surface area contributed by atoms with E-state index in [4.69, 9.17) is 0 Å². The Balaban J connectivity index is 1.70. The molecule has 2 heterocycles. The summed E-state index contributed by atoms with van der Waals surface area (Å²) >= 11 is 0. The van der Waals surface area contributed by atoms with Gasteiger partial charge in [0.15, 0.2) is 0 Å². The number of nitrogens with one attached hydrogen (secondary N) is 2. The number of carbonyl (C=O) groups is 4. The molecule has 1 aliphatic heterocycles. The van der Waals surface area contributed by atoms with Crippen LogP contribution in [0.25, 0.3) is 0 Å². The number of hydrazine groups is 1. The normalized spacial score (nSPS) is 15.2. The van der Waals surface area contributed by atoms with Crippen LogP contribution in [-0.4, -0.2) is 50.4 Å². The number of nitrogens with zero attached hydrogens (tertiary/aromatic N) is 3. The third kappa shape index (κ3) is 7.11. The zero-order valence-electron chi connectivity index (χ0n) is 20.6. The minimum Gasteiger partial charge on any atom is -0.308 e. The molecule has 1 aromatic carbocycles. The summed E-state index contributed by atoms with van der Waals surface area (Å²) in [5.41, 5.74) is 5.84. The molecule has 1 unspecified atom stereocenters. The number of amides is 5. The molecule has 1 saturated heterocycles.